The standard InChI is InChI=1S/C13H19NO5S/c1-18-12-7-14(8-13(12)19-2)20(16,17)11-5-3-10(9-15)4-6-11/h3-6,12-13,15H,7-9H2,1-2H3. The van der Waals surface area contributed by atoms with Gasteiger partial charge in [0.1, 0.15) is 0 Å². The molecule has 0 amide bonds. The average Bonchev–Trinajstić information content (AvgIpc) is 2.91. The number of rotatable bonds is 5. The minimum absolute atomic E-state index is 0.110. The first-order valence-corrected chi connectivity index (χ1v) is 7.72. The summed E-state index contributed by atoms with van der Waals surface area (Å²) < 4.78 is 36.9. The molecule has 1 heterocycles. The average molecular weight is 301 g/mol. The van der Waals surface area contributed by atoms with Crippen molar-refractivity contribution in [2.45, 2.75) is 23.7 Å². The van der Waals surface area contributed by atoms with Crippen LogP contribution in [0.1, 0.15) is 5.56 Å². The molecule has 2 unspecified atom stereocenters. The molecule has 0 saturated carbocycles. The number of sulfonamides is 1. The van der Waals surface area contributed by atoms with Crippen LogP contribution in [-0.4, -0.2) is 57.3 Å². The highest BCUT2D eigenvalue weighted by Crippen LogP contribution is 2.24. The maximum atomic E-state index is 12.5. The van der Waals surface area contributed by atoms with Gasteiger partial charge < -0.3 is 14.6 Å². The Balaban J connectivity index is 2.22. The van der Waals surface area contributed by atoms with Crippen LogP contribution >= 0.6 is 0 Å². The Labute approximate surface area is 119 Å². The van der Waals surface area contributed by atoms with Gasteiger partial charge in [0.25, 0.3) is 0 Å². The predicted octanol–water partition coefficient (Wildman–Crippen LogP) is 0.213. The van der Waals surface area contributed by atoms with Gasteiger partial charge >= 0.3 is 0 Å². The molecule has 2 rings (SSSR count). The fraction of sp³-hybridized carbons (Fsp3) is 0.538. The second-order valence-electron chi connectivity index (χ2n) is 4.67. The molecule has 1 aromatic rings. The second kappa shape index (κ2) is 6.19. The van der Waals surface area contributed by atoms with E-state index in [2.05, 4.69) is 0 Å². The Morgan fingerprint density at radius 2 is 1.65 bits per heavy atom. The monoisotopic (exact) mass is 301 g/mol. The molecule has 1 fully saturated rings. The van der Waals surface area contributed by atoms with Gasteiger partial charge in [0.2, 0.25) is 10.0 Å². The Morgan fingerprint density at radius 1 is 1.15 bits per heavy atom. The third kappa shape index (κ3) is 2.87. The lowest BCUT2D eigenvalue weighted by molar-refractivity contribution is -0.00461. The van der Waals surface area contributed by atoms with E-state index in [0.29, 0.717) is 5.56 Å². The van der Waals surface area contributed by atoms with E-state index in [-0.39, 0.29) is 36.8 Å². The molecule has 1 N–H and O–H groups in total. The quantitative estimate of drug-likeness (QED) is 0.841. The highest BCUT2D eigenvalue weighted by molar-refractivity contribution is 7.89. The number of nitrogens with zero attached hydrogens (tertiary/aromatic N) is 1. The zero-order chi connectivity index (χ0) is 14.8. The van der Waals surface area contributed by atoms with Crippen molar-refractivity contribution in [2.24, 2.45) is 0 Å². The first kappa shape index (κ1) is 15.4. The van der Waals surface area contributed by atoms with Crippen LogP contribution in [0, 0.1) is 0 Å². The Bertz CT molecular complexity index is 530. The number of benzene rings is 1. The van der Waals surface area contributed by atoms with E-state index in [0.717, 1.165) is 0 Å². The fourth-order valence-electron chi connectivity index (χ4n) is 2.28. The number of aliphatic hydroxyl groups excluding tert-OH is 1. The maximum absolute atomic E-state index is 12.5. The van der Waals surface area contributed by atoms with Crippen LogP contribution in [0.3, 0.4) is 0 Å². The molecule has 0 radical (unpaired) electrons. The topological polar surface area (TPSA) is 76.1 Å². The fourth-order valence-corrected chi connectivity index (χ4v) is 3.74. The Hall–Kier alpha value is -0.990. The van der Waals surface area contributed by atoms with E-state index in [4.69, 9.17) is 14.6 Å². The molecule has 2 atom stereocenters. The lowest BCUT2D eigenvalue weighted by Gasteiger charge is -2.16. The summed E-state index contributed by atoms with van der Waals surface area (Å²) in [5, 5.41) is 8.98. The van der Waals surface area contributed by atoms with E-state index in [1.807, 2.05) is 0 Å². The first-order valence-electron chi connectivity index (χ1n) is 6.28. The Kier molecular flexibility index (Phi) is 4.77. The molecular weight excluding hydrogens is 282 g/mol. The van der Waals surface area contributed by atoms with Crippen molar-refractivity contribution >= 4 is 10.0 Å². The summed E-state index contributed by atoms with van der Waals surface area (Å²) >= 11 is 0. The number of aliphatic hydroxyl groups is 1. The smallest absolute Gasteiger partial charge is 0.243 e. The van der Waals surface area contributed by atoms with E-state index in [1.165, 1.54) is 16.4 Å². The summed E-state index contributed by atoms with van der Waals surface area (Å²) in [6, 6.07) is 6.21. The SMILES string of the molecule is COC1CN(S(=O)(=O)c2ccc(CO)cc2)CC1OC. The molecule has 1 aromatic carbocycles. The van der Waals surface area contributed by atoms with Gasteiger partial charge in [-0.2, -0.15) is 4.31 Å². The number of hydrogen-bond acceptors (Lipinski definition) is 5. The van der Waals surface area contributed by atoms with Crippen molar-refractivity contribution < 1.29 is 23.0 Å². The van der Waals surface area contributed by atoms with Gasteiger partial charge in [-0.25, -0.2) is 8.42 Å². The minimum Gasteiger partial charge on any atom is -0.392 e. The van der Waals surface area contributed by atoms with Crippen LogP contribution in [0.5, 0.6) is 0 Å². The molecule has 1 aliphatic rings. The lowest BCUT2D eigenvalue weighted by Crippen LogP contribution is -2.30. The zero-order valence-electron chi connectivity index (χ0n) is 11.5. The molecule has 7 heteroatoms. The van der Waals surface area contributed by atoms with Crippen LogP contribution in [0.2, 0.25) is 0 Å². The lowest BCUT2D eigenvalue weighted by atomic mass is 10.2. The Morgan fingerprint density at radius 3 is 2.05 bits per heavy atom. The minimum atomic E-state index is -3.56. The van der Waals surface area contributed by atoms with Gasteiger partial charge in [0, 0.05) is 27.3 Å². The van der Waals surface area contributed by atoms with E-state index in [9.17, 15) is 8.42 Å². The van der Waals surface area contributed by atoms with Gasteiger partial charge in [-0.3, -0.25) is 0 Å². The highest BCUT2D eigenvalue weighted by atomic mass is 32.2. The largest absolute Gasteiger partial charge is 0.392 e. The molecule has 1 aliphatic heterocycles. The van der Waals surface area contributed by atoms with Crippen molar-refractivity contribution in [1.82, 2.24) is 4.31 Å². The van der Waals surface area contributed by atoms with Gasteiger partial charge in [0.15, 0.2) is 0 Å². The predicted molar refractivity (Wildman–Crippen MR) is 72.7 cm³/mol. The van der Waals surface area contributed by atoms with Crippen LogP contribution in [-0.2, 0) is 26.1 Å². The zero-order valence-corrected chi connectivity index (χ0v) is 12.3. The van der Waals surface area contributed by atoms with Gasteiger partial charge in [-0.15, -0.1) is 0 Å². The van der Waals surface area contributed by atoms with Crippen LogP contribution < -0.4 is 0 Å². The molecule has 6 nitrogen and oxygen atoms in total. The molecule has 0 bridgehead atoms. The molecule has 0 aliphatic carbocycles. The van der Waals surface area contributed by atoms with Crippen LogP contribution in [0.4, 0.5) is 0 Å². The summed E-state index contributed by atoms with van der Waals surface area (Å²) in [6.45, 7) is 0.444. The van der Waals surface area contributed by atoms with Crippen molar-refractivity contribution in [3.8, 4) is 0 Å². The van der Waals surface area contributed by atoms with Crippen molar-refractivity contribution in [3.63, 3.8) is 0 Å². The van der Waals surface area contributed by atoms with Gasteiger partial charge in [-0.1, -0.05) is 12.1 Å². The normalized spacial score (nSPS) is 24.1. The van der Waals surface area contributed by atoms with Gasteiger partial charge in [0.05, 0.1) is 23.7 Å². The third-order valence-corrected chi connectivity index (χ3v) is 5.38. The number of ether oxygens (including phenoxy) is 2. The van der Waals surface area contributed by atoms with E-state index >= 15 is 0 Å². The number of hydrogen-bond donors (Lipinski definition) is 1. The molecule has 1 saturated heterocycles. The third-order valence-electron chi connectivity index (χ3n) is 3.53. The molecule has 0 spiro atoms. The van der Waals surface area contributed by atoms with Crippen molar-refractivity contribution in [1.29, 1.82) is 0 Å². The highest BCUT2D eigenvalue weighted by Gasteiger charge is 2.39. The van der Waals surface area contributed by atoms with Crippen LogP contribution in [0.15, 0.2) is 29.2 Å². The van der Waals surface area contributed by atoms with E-state index in [1.54, 1.807) is 26.4 Å². The molecule has 20 heavy (non-hydrogen) atoms. The summed E-state index contributed by atoms with van der Waals surface area (Å²) in [5.74, 6) is 0. The summed E-state index contributed by atoms with van der Waals surface area (Å²) in [4.78, 5) is 0.210. The first-order chi connectivity index (χ1) is 9.52. The maximum Gasteiger partial charge on any atom is 0.243 e. The molecule has 0 aromatic heterocycles. The van der Waals surface area contributed by atoms with Crippen LogP contribution in [0.25, 0.3) is 0 Å². The van der Waals surface area contributed by atoms with Gasteiger partial charge in [-0.05, 0) is 17.7 Å². The number of methoxy groups -OCH3 is 2. The van der Waals surface area contributed by atoms with E-state index < -0.39 is 10.0 Å². The second-order valence-corrected chi connectivity index (χ2v) is 6.61. The molecular formula is C13H19NO5S. The van der Waals surface area contributed by atoms with Crippen molar-refractivity contribution in [3.05, 3.63) is 29.8 Å². The summed E-state index contributed by atoms with van der Waals surface area (Å²) in [6.07, 6.45) is -0.516. The molecule has 112 valence electrons. The summed E-state index contributed by atoms with van der Waals surface area (Å²) in [5.41, 5.74) is 0.676. The van der Waals surface area contributed by atoms with Crippen molar-refractivity contribution in [2.75, 3.05) is 27.3 Å². The summed E-state index contributed by atoms with van der Waals surface area (Å²) in [7, 11) is -0.469.